The number of methoxy groups -OCH3 is 1. The predicted molar refractivity (Wildman–Crippen MR) is 130 cm³/mol. The Morgan fingerprint density at radius 1 is 0.969 bits per heavy atom. The minimum atomic E-state index is -0.537. The van der Waals surface area contributed by atoms with Gasteiger partial charge in [0, 0.05) is 19.5 Å². The van der Waals surface area contributed by atoms with Gasteiger partial charge in [0.15, 0.2) is 0 Å². The normalized spacial score (nSPS) is 11.8. The first-order valence-corrected chi connectivity index (χ1v) is 11.6. The number of aryl methyl sites for hydroxylation is 1. The van der Waals surface area contributed by atoms with Gasteiger partial charge in [-0.1, -0.05) is 63.6 Å². The van der Waals surface area contributed by atoms with Crippen LogP contribution >= 0.6 is 0 Å². The van der Waals surface area contributed by atoms with Gasteiger partial charge in [0.05, 0.1) is 7.11 Å². The Hall–Kier alpha value is -2.82. The Labute approximate surface area is 193 Å². The number of ether oxygens (including phenoxy) is 1. The first-order valence-electron chi connectivity index (χ1n) is 11.6. The number of nitrogens with one attached hydrogen (secondary N) is 1. The van der Waals surface area contributed by atoms with Gasteiger partial charge < -0.3 is 15.0 Å². The van der Waals surface area contributed by atoms with E-state index in [0.29, 0.717) is 31.8 Å². The molecule has 0 bridgehead atoms. The summed E-state index contributed by atoms with van der Waals surface area (Å²) in [5, 5.41) is 2.96. The van der Waals surface area contributed by atoms with E-state index in [0.717, 1.165) is 29.7 Å². The molecule has 2 amide bonds. The second-order valence-electron chi connectivity index (χ2n) is 8.59. The standard InChI is InChI=1S/C27H38N2O3/c1-6-7-18-28-27(31)21(4)29(19-23-10-15-25(32-5)16-11-23)26(30)17-12-22-8-13-24(14-9-22)20(2)3/h8-11,13-16,20-21H,6-7,12,17-19H2,1-5H3,(H,28,31)/t21-/m1/s1. The van der Waals surface area contributed by atoms with Gasteiger partial charge in [-0.3, -0.25) is 9.59 Å². The Balaban J connectivity index is 2.10. The van der Waals surface area contributed by atoms with Gasteiger partial charge in [0.1, 0.15) is 11.8 Å². The first-order chi connectivity index (χ1) is 15.3. The third kappa shape index (κ3) is 7.70. The fourth-order valence-electron chi connectivity index (χ4n) is 3.51. The highest BCUT2D eigenvalue weighted by Crippen LogP contribution is 2.18. The van der Waals surface area contributed by atoms with E-state index in [9.17, 15) is 9.59 Å². The molecule has 1 N–H and O–H groups in total. The molecule has 0 aliphatic rings. The maximum Gasteiger partial charge on any atom is 0.242 e. The zero-order chi connectivity index (χ0) is 23.5. The second-order valence-corrected chi connectivity index (χ2v) is 8.59. The highest BCUT2D eigenvalue weighted by atomic mass is 16.5. The lowest BCUT2D eigenvalue weighted by atomic mass is 10.00. The van der Waals surface area contributed by atoms with Crippen LogP contribution in [0.3, 0.4) is 0 Å². The molecule has 0 heterocycles. The summed E-state index contributed by atoms with van der Waals surface area (Å²) in [6.45, 7) is 9.25. The van der Waals surface area contributed by atoms with E-state index in [2.05, 4.69) is 50.4 Å². The molecule has 0 saturated carbocycles. The largest absolute Gasteiger partial charge is 0.497 e. The van der Waals surface area contributed by atoms with Crippen molar-refractivity contribution in [2.24, 2.45) is 0 Å². The molecule has 0 fully saturated rings. The lowest BCUT2D eigenvalue weighted by Gasteiger charge is -2.29. The van der Waals surface area contributed by atoms with Crippen LogP contribution in [-0.4, -0.2) is 36.4 Å². The van der Waals surface area contributed by atoms with Crippen molar-refractivity contribution in [1.82, 2.24) is 10.2 Å². The maximum absolute atomic E-state index is 13.2. The summed E-state index contributed by atoms with van der Waals surface area (Å²) in [5.74, 6) is 1.12. The van der Waals surface area contributed by atoms with Crippen LogP contribution in [0.25, 0.3) is 0 Å². The van der Waals surface area contributed by atoms with Crippen LogP contribution in [0.5, 0.6) is 5.75 Å². The fourth-order valence-corrected chi connectivity index (χ4v) is 3.51. The Kier molecular flexibility index (Phi) is 10.3. The van der Waals surface area contributed by atoms with E-state index in [1.807, 2.05) is 24.3 Å². The van der Waals surface area contributed by atoms with Crippen molar-refractivity contribution in [1.29, 1.82) is 0 Å². The van der Waals surface area contributed by atoms with Crippen molar-refractivity contribution >= 4 is 11.8 Å². The SMILES string of the molecule is CCCCNC(=O)[C@@H](C)N(Cc1ccc(OC)cc1)C(=O)CCc1ccc(C(C)C)cc1. The van der Waals surface area contributed by atoms with E-state index >= 15 is 0 Å². The van der Waals surface area contributed by atoms with Crippen molar-refractivity contribution in [2.45, 2.75) is 71.9 Å². The molecule has 2 rings (SSSR count). The third-order valence-corrected chi connectivity index (χ3v) is 5.78. The van der Waals surface area contributed by atoms with Gasteiger partial charge in [-0.15, -0.1) is 0 Å². The van der Waals surface area contributed by atoms with Crippen molar-refractivity contribution < 1.29 is 14.3 Å². The lowest BCUT2D eigenvalue weighted by molar-refractivity contribution is -0.140. The monoisotopic (exact) mass is 438 g/mol. The molecule has 0 radical (unpaired) electrons. The van der Waals surface area contributed by atoms with Gasteiger partial charge in [0.25, 0.3) is 0 Å². The van der Waals surface area contributed by atoms with Crippen molar-refractivity contribution in [3.63, 3.8) is 0 Å². The van der Waals surface area contributed by atoms with Crippen LogP contribution in [0.15, 0.2) is 48.5 Å². The Bertz CT molecular complexity index is 844. The number of hydrogen-bond acceptors (Lipinski definition) is 3. The molecule has 0 aliphatic carbocycles. The summed E-state index contributed by atoms with van der Waals surface area (Å²) < 4.78 is 5.23. The number of amides is 2. The summed E-state index contributed by atoms with van der Waals surface area (Å²) in [6.07, 6.45) is 2.96. The van der Waals surface area contributed by atoms with Crippen LogP contribution in [-0.2, 0) is 22.6 Å². The number of unbranched alkanes of at least 4 members (excludes halogenated alkanes) is 1. The number of benzene rings is 2. The molecule has 1 atom stereocenters. The average Bonchev–Trinajstić information content (AvgIpc) is 2.81. The Morgan fingerprint density at radius 3 is 2.16 bits per heavy atom. The predicted octanol–water partition coefficient (Wildman–Crippen LogP) is 5.08. The van der Waals surface area contributed by atoms with Gasteiger partial charge in [-0.05, 0) is 54.5 Å². The van der Waals surface area contributed by atoms with E-state index in [4.69, 9.17) is 4.74 Å². The van der Waals surface area contributed by atoms with E-state index in [-0.39, 0.29) is 11.8 Å². The van der Waals surface area contributed by atoms with Gasteiger partial charge in [-0.2, -0.15) is 0 Å². The summed E-state index contributed by atoms with van der Waals surface area (Å²) in [6, 6.07) is 15.5. The highest BCUT2D eigenvalue weighted by Gasteiger charge is 2.25. The molecule has 0 saturated heterocycles. The summed E-state index contributed by atoms with van der Waals surface area (Å²) >= 11 is 0. The molecule has 0 aromatic heterocycles. The molecule has 5 nitrogen and oxygen atoms in total. The lowest BCUT2D eigenvalue weighted by Crippen LogP contribution is -2.47. The topological polar surface area (TPSA) is 58.6 Å². The number of hydrogen-bond donors (Lipinski definition) is 1. The van der Waals surface area contributed by atoms with Crippen LogP contribution < -0.4 is 10.1 Å². The number of carbonyl (C=O) groups is 2. The summed E-state index contributed by atoms with van der Waals surface area (Å²) in [7, 11) is 1.63. The number of nitrogens with zero attached hydrogens (tertiary/aromatic N) is 1. The zero-order valence-electron chi connectivity index (χ0n) is 20.2. The summed E-state index contributed by atoms with van der Waals surface area (Å²) in [5.41, 5.74) is 3.39. The first kappa shape index (κ1) is 25.4. The highest BCUT2D eigenvalue weighted by molar-refractivity contribution is 5.87. The molecule has 2 aromatic carbocycles. The fraction of sp³-hybridized carbons (Fsp3) is 0.481. The molecule has 5 heteroatoms. The molecule has 0 spiro atoms. The number of rotatable bonds is 12. The average molecular weight is 439 g/mol. The van der Waals surface area contributed by atoms with Crippen LogP contribution in [0.2, 0.25) is 0 Å². The smallest absolute Gasteiger partial charge is 0.242 e. The molecule has 32 heavy (non-hydrogen) atoms. The quantitative estimate of drug-likeness (QED) is 0.470. The van der Waals surface area contributed by atoms with Crippen LogP contribution in [0, 0.1) is 0 Å². The van der Waals surface area contributed by atoms with Crippen LogP contribution in [0.4, 0.5) is 0 Å². The maximum atomic E-state index is 13.2. The minimum absolute atomic E-state index is 0.0214. The summed E-state index contributed by atoms with van der Waals surface area (Å²) in [4.78, 5) is 27.6. The molecule has 174 valence electrons. The molecule has 0 aliphatic heterocycles. The molecular weight excluding hydrogens is 400 g/mol. The van der Waals surface area contributed by atoms with Crippen molar-refractivity contribution in [2.75, 3.05) is 13.7 Å². The minimum Gasteiger partial charge on any atom is -0.497 e. The molecule has 0 unspecified atom stereocenters. The van der Waals surface area contributed by atoms with E-state index in [1.54, 1.807) is 18.9 Å². The Morgan fingerprint density at radius 2 is 1.59 bits per heavy atom. The van der Waals surface area contributed by atoms with Crippen molar-refractivity contribution in [3.8, 4) is 5.75 Å². The molecule has 2 aromatic rings. The van der Waals surface area contributed by atoms with E-state index < -0.39 is 6.04 Å². The number of carbonyl (C=O) groups excluding carboxylic acids is 2. The molecular formula is C27H38N2O3. The van der Waals surface area contributed by atoms with Crippen molar-refractivity contribution in [3.05, 3.63) is 65.2 Å². The third-order valence-electron chi connectivity index (χ3n) is 5.78. The van der Waals surface area contributed by atoms with Gasteiger partial charge in [-0.25, -0.2) is 0 Å². The van der Waals surface area contributed by atoms with Crippen LogP contribution in [0.1, 0.15) is 69.6 Å². The second kappa shape index (κ2) is 12.9. The zero-order valence-corrected chi connectivity index (χ0v) is 20.2. The van der Waals surface area contributed by atoms with Gasteiger partial charge in [0.2, 0.25) is 11.8 Å². The van der Waals surface area contributed by atoms with E-state index in [1.165, 1.54) is 5.56 Å². The van der Waals surface area contributed by atoms with Gasteiger partial charge >= 0.3 is 0 Å².